The molecule has 0 saturated carbocycles. The first-order valence-corrected chi connectivity index (χ1v) is 6.56. The summed E-state index contributed by atoms with van der Waals surface area (Å²) in [6.07, 6.45) is -0.385. The lowest BCUT2D eigenvalue weighted by atomic mass is 9.93. The molecular formula is C15H22N2O2. The zero-order chi connectivity index (χ0) is 14.3. The third-order valence-electron chi connectivity index (χ3n) is 3.11. The highest BCUT2D eigenvalue weighted by molar-refractivity contribution is 5.71. The van der Waals surface area contributed by atoms with Crippen molar-refractivity contribution in [3.05, 3.63) is 29.8 Å². The molecule has 0 aromatic heterocycles. The largest absolute Gasteiger partial charge is 0.444 e. The second-order valence-electron chi connectivity index (χ2n) is 6.51. The number of para-hydroxylation sites is 1. The second-order valence-corrected chi connectivity index (χ2v) is 6.51. The molecule has 0 spiro atoms. The molecule has 1 aliphatic rings. The summed E-state index contributed by atoms with van der Waals surface area (Å²) in [5.74, 6) is 0. The molecule has 1 aromatic carbocycles. The molecular weight excluding hydrogens is 240 g/mol. The Morgan fingerprint density at radius 1 is 1.32 bits per heavy atom. The Labute approximate surface area is 114 Å². The fourth-order valence-electron chi connectivity index (χ4n) is 2.35. The van der Waals surface area contributed by atoms with Crippen LogP contribution in [0.5, 0.6) is 0 Å². The molecule has 0 aliphatic carbocycles. The average Bonchev–Trinajstić information content (AvgIpc) is 2.47. The molecule has 1 aliphatic heterocycles. The fourth-order valence-corrected chi connectivity index (χ4v) is 2.35. The van der Waals surface area contributed by atoms with Gasteiger partial charge in [0.25, 0.3) is 0 Å². The van der Waals surface area contributed by atoms with Crippen LogP contribution in [0.25, 0.3) is 0 Å². The number of carbonyl (C=O) groups is 1. The summed E-state index contributed by atoms with van der Waals surface area (Å²) < 4.78 is 5.33. The van der Waals surface area contributed by atoms with E-state index in [1.54, 1.807) is 0 Å². The normalized spacial score (nSPS) is 20.4. The first-order chi connectivity index (χ1) is 8.69. The Morgan fingerprint density at radius 2 is 1.95 bits per heavy atom. The number of hydrogen-bond acceptors (Lipinski definition) is 3. The summed E-state index contributed by atoms with van der Waals surface area (Å²) in [5.41, 5.74) is 1.44. The summed E-state index contributed by atoms with van der Waals surface area (Å²) in [7, 11) is 0. The van der Waals surface area contributed by atoms with Crippen molar-refractivity contribution in [3.8, 4) is 0 Å². The van der Waals surface area contributed by atoms with E-state index in [9.17, 15) is 4.79 Å². The van der Waals surface area contributed by atoms with Gasteiger partial charge in [0.05, 0.1) is 11.6 Å². The van der Waals surface area contributed by atoms with Crippen LogP contribution in [0.3, 0.4) is 0 Å². The Balaban J connectivity index is 2.17. The van der Waals surface area contributed by atoms with Crippen LogP contribution in [0.15, 0.2) is 24.3 Å². The van der Waals surface area contributed by atoms with Gasteiger partial charge in [0.2, 0.25) is 0 Å². The van der Waals surface area contributed by atoms with Gasteiger partial charge < -0.3 is 15.4 Å². The third kappa shape index (κ3) is 3.00. The molecule has 2 N–H and O–H groups in total. The van der Waals surface area contributed by atoms with E-state index in [1.165, 1.54) is 0 Å². The molecule has 0 fully saturated rings. The number of amides is 1. The maximum Gasteiger partial charge on any atom is 0.408 e. The zero-order valence-corrected chi connectivity index (χ0v) is 12.2. The van der Waals surface area contributed by atoms with E-state index in [-0.39, 0.29) is 17.7 Å². The number of anilines is 1. The third-order valence-corrected chi connectivity index (χ3v) is 3.11. The molecule has 0 radical (unpaired) electrons. The van der Waals surface area contributed by atoms with Gasteiger partial charge in [-0.1, -0.05) is 18.2 Å². The first-order valence-electron chi connectivity index (χ1n) is 6.56. The van der Waals surface area contributed by atoms with Crippen LogP contribution in [0, 0.1) is 0 Å². The highest BCUT2D eigenvalue weighted by Crippen LogP contribution is 2.40. The van der Waals surface area contributed by atoms with Crippen molar-refractivity contribution >= 4 is 11.8 Å². The monoisotopic (exact) mass is 262 g/mol. The SMILES string of the molecule is CC(C)(C)OC(=O)NC1c2ccccc2NC1(C)C. The fraction of sp³-hybridized carbons (Fsp3) is 0.533. The lowest BCUT2D eigenvalue weighted by Crippen LogP contribution is -2.44. The molecule has 0 bridgehead atoms. The lowest BCUT2D eigenvalue weighted by Gasteiger charge is -2.30. The van der Waals surface area contributed by atoms with Gasteiger partial charge in [0.1, 0.15) is 5.60 Å². The van der Waals surface area contributed by atoms with Crippen molar-refractivity contribution in [3.63, 3.8) is 0 Å². The van der Waals surface area contributed by atoms with E-state index in [0.717, 1.165) is 11.3 Å². The van der Waals surface area contributed by atoms with Crippen LogP contribution in [0.1, 0.15) is 46.2 Å². The summed E-state index contributed by atoms with van der Waals surface area (Å²) >= 11 is 0. The summed E-state index contributed by atoms with van der Waals surface area (Å²) in [5, 5.41) is 6.38. The molecule has 1 atom stereocenters. The topological polar surface area (TPSA) is 50.4 Å². The number of benzene rings is 1. The predicted molar refractivity (Wildman–Crippen MR) is 76.3 cm³/mol. The van der Waals surface area contributed by atoms with Crippen molar-refractivity contribution in [2.75, 3.05) is 5.32 Å². The molecule has 19 heavy (non-hydrogen) atoms. The minimum atomic E-state index is -0.486. The van der Waals surface area contributed by atoms with E-state index >= 15 is 0 Å². The Kier molecular flexibility index (Phi) is 3.20. The molecule has 4 heteroatoms. The van der Waals surface area contributed by atoms with E-state index in [4.69, 9.17) is 4.74 Å². The van der Waals surface area contributed by atoms with Crippen molar-refractivity contribution < 1.29 is 9.53 Å². The van der Waals surface area contributed by atoms with E-state index in [1.807, 2.05) is 45.0 Å². The summed E-state index contributed by atoms with van der Waals surface area (Å²) in [6.45, 7) is 9.71. The standard InChI is InChI=1S/C15H22N2O2/c1-14(2,3)19-13(18)16-12-10-8-6-7-9-11(10)17-15(12,4)5/h6-9,12,17H,1-5H3,(H,16,18). The van der Waals surface area contributed by atoms with Gasteiger partial charge in [-0.15, -0.1) is 0 Å². The molecule has 4 nitrogen and oxygen atoms in total. The predicted octanol–water partition coefficient (Wildman–Crippen LogP) is 3.46. The second kappa shape index (κ2) is 4.44. The van der Waals surface area contributed by atoms with Crippen LogP contribution >= 0.6 is 0 Å². The maximum atomic E-state index is 12.0. The highest BCUT2D eigenvalue weighted by atomic mass is 16.6. The first kappa shape index (κ1) is 13.7. The Morgan fingerprint density at radius 3 is 2.58 bits per heavy atom. The number of alkyl carbamates (subject to hydrolysis) is 1. The Bertz CT molecular complexity index is 489. The molecule has 104 valence electrons. The van der Waals surface area contributed by atoms with Gasteiger partial charge in [0, 0.05) is 11.3 Å². The van der Waals surface area contributed by atoms with Gasteiger partial charge in [-0.05, 0) is 40.7 Å². The van der Waals surface area contributed by atoms with Crippen LogP contribution < -0.4 is 10.6 Å². The number of rotatable bonds is 1. The zero-order valence-electron chi connectivity index (χ0n) is 12.2. The molecule has 0 saturated heterocycles. The number of fused-ring (bicyclic) bond motifs is 1. The number of carbonyl (C=O) groups excluding carboxylic acids is 1. The van der Waals surface area contributed by atoms with Crippen LogP contribution in [0.2, 0.25) is 0 Å². The highest BCUT2D eigenvalue weighted by Gasteiger charge is 2.40. The van der Waals surface area contributed by atoms with Crippen LogP contribution in [-0.4, -0.2) is 17.2 Å². The lowest BCUT2D eigenvalue weighted by molar-refractivity contribution is 0.0489. The van der Waals surface area contributed by atoms with E-state index < -0.39 is 5.60 Å². The average molecular weight is 262 g/mol. The smallest absolute Gasteiger partial charge is 0.408 e. The van der Waals surface area contributed by atoms with Gasteiger partial charge in [-0.3, -0.25) is 0 Å². The van der Waals surface area contributed by atoms with Crippen LogP contribution in [0.4, 0.5) is 10.5 Å². The summed E-state index contributed by atoms with van der Waals surface area (Å²) in [4.78, 5) is 12.0. The number of hydrogen-bond donors (Lipinski definition) is 2. The van der Waals surface area contributed by atoms with E-state index in [2.05, 4.69) is 24.5 Å². The molecule has 2 rings (SSSR count). The maximum absolute atomic E-state index is 12.0. The van der Waals surface area contributed by atoms with Crippen LogP contribution in [-0.2, 0) is 4.74 Å². The van der Waals surface area contributed by atoms with Crippen molar-refractivity contribution in [1.82, 2.24) is 5.32 Å². The van der Waals surface area contributed by atoms with Crippen molar-refractivity contribution in [2.45, 2.75) is 51.8 Å². The molecule has 1 heterocycles. The molecule has 1 amide bonds. The number of ether oxygens (including phenoxy) is 1. The van der Waals surface area contributed by atoms with Crippen molar-refractivity contribution in [2.24, 2.45) is 0 Å². The van der Waals surface area contributed by atoms with E-state index in [0.29, 0.717) is 0 Å². The minimum Gasteiger partial charge on any atom is -0.444 e. The molecule has 1 aromatic rings. The Hall–Kier alpha value is -1.71. The van der Waals surface area contributed by atoms with Crippen molar-refractivity contribution in [1.29, 1.82) is 0 Å². The van der Waals surface area contributed by atoms with Gasteiger partial charge in [0.15, 0.2) is 0 Å². The minimum absolute atomic E-state index is 0.0986. The number of nitrogens with one attached hydrogen (secondary N) is 2. The summed E-state index contributed by atoms with van der Waals surface area (Å²) in [6, 6.07) is 7.91. The van der Waals surface area contributed by atoms with Gasteiger partial charge >= 0.3 is 6.09 Å². The van der Waals surface area contributed by atoms with Gasteiger partial charge in [-0.2, -0.15) is 0 Å². The molecule has 1 unspecified atom stereocenters. The quantitative estimate of drug-likeness (QED) is 0.815. The van der Waals surface area contributed by atoms with Gasteiger partial charge in [-0.25, -0.2) is 4.79 Å².